The molecule has 0 aliphatic rings. The number of benzene rings is 2. The van der Waals surface area contributed by atoms with Gasteiger partial charge in [0.05, 0.1) is 17.2 Å². The number of hydrogen-bond acceptors (Lipinski definition) is 4. The lowest BCUT2D eigenvalue weighted by Gasteiger charge is -2.14. The van der Waals surface area contributed by atoms with E-state index < -0.39 is 0 Å². The van der Waals surface area contributed by atoms with Crippen LogP contribution in [0.1, 0.15) is 56.3 Å². The van der Waals surface area contributed by atoms with Crippen molar-refractivity contribution in [2.24, 2.45) is 0 Å². The van der Waals surface area contributed by atoms with Gasteiger partial charge in [-0.1, -0.05) is 44.7 Å². The monoisotopic (exact) mass is 415 g/mol. The molecule has 2 aromatic heterocycles. The second-order valence-electron chi connectivity index (χ2n) is 8.07. The van der Waals surface area contributed by atoms with E-state index >= 15 is 0 Å². The van der Waals surface area contributed by atoms with Gasteiger partial charge in [0, 0.05) is 22.7 Å². The van der Waals surface area contributed by atoms with E-state index in [1.54, 1.807) is 6.26 Å². The fourth-order valence-corrected chi connectivity index (χ4v) is 3.84. The number of unbranched alkanes of at least 4 members (excludes halogenated alkanes) is 3. The first-order valence-corrected chi connectivity index (χ1v) is 11.1. The number of nitrogens with one attached hydrogen (secondary N) is 2. The number of amides is 1. The average Bonchev–Trinajstić information content (AvgIpc) is 3.28. The molecule has 160 valence electrons. The van der Waals surface area contributed by atoms with Gasteiger partial charge >= 0.3 is 0 Å². The molecule has 5 nitrogen and oxygen atoms in total. The number of furan rings is 1. The van der Waals surface area contributed by atoms with E-state index in [0.717, 1.165) is 46.2 Å². The summed E-state index contributed by atoms with van der Waals surface area (Å²) >= 11 is 0. The van der Waals surface area contributed by atoms with Crippen LogP contribution in [0.2, 0.25) is 0 Å². The van der Waals surface area contributed by atoms with Crippen molar-refractivity contribution in [1.29, 1.82) is 0 Å². The number of aromatic nitrogens is 1. The number of hydrogen-bond donors (Lipinski definition) is 2. The fourth-order valence-electron chi connectivity index (χ4n) is 3.84. The van der Waals surface area contributed by atoms with Gasteiger partial charge in [-0.2, -0.15) is 0 Å². The largest absolute Gasteiger partial charge is 0.463 e. The molecule has 1 atom stereocenters. The first kappa shape index (κ1) is 20.9. The van der Waals surface area contributed by atoms with E-state index in [2.05, 4.69) is 24.5 Å². The highest BCUT2D eigenvalue weighted by molar-refractivity contribution is 6.07. The Morgan fingerprint density at radius 2 is 1.81 bits per heavy atom. The van der Waals surface area contributed by atoms with E-state index in [1.165, 1.54) is 19.3 Å². The molecule has 2 N–H and O–H groups in total. The van der Waals surface area contributed by atoms with Gasteiger partial charge in [0.2, 0.25) is 0 Å². The molecular formula is C26H29N3O2. The average molecular weight is 416 g/mol. The maximum atomic E-state index is 12.5. The Bertz CT molecular complexity index is 1160. The summed E-state index contributed by atoms with van der Waals surface area (Å²) in [4.78, 5) is 17.3. The minimum Gasteiger partial charge on any atom is -0.463 e. The quantitative estimate of drug-likeness (QED) is 0.295. The van der Waals surface area contributed by atoms with Crippen molar-refractivity contribution in [3.8, 4) is 0 Å². The molecular weight excluding hydrogens is 386 g/mol. The summed E-state index contributed by atoms with van der Waals surface area (Å²) in [6.45, 7) is 4.28. The number of carbonyl (C=O) groups is 1. The molecule has 0 bridgehead atoms. The topological polar surface area (TPSA) is 67.2 Å². The lowest BCUT2D eigenvalue weighted by atomic mass is 10.1. The summed E-state index contributed by atoms with van der Waals surface area (Å²) in [7, 11) is 0. The minimum absolute atomic E-state index is 0.0319. The van der Waals surface area contributed by atoms with Crippen molar-refractivity contribution in [3.63, 3.8) is 0 Å². The van der Waals surface area contributed by atoms with Crippen LogP contribution < -0.4 is 10.6 Å². The molecule has 2 heterocycles. The number of fused-ring (bicyclic) bond motifs is 3. The summed E-state index contributed by atoms with van der Waals surface area (Å²) in [5.41, 5.74) is 3.22. The van der Waals surface area contributed by atoms with Crippen LogP contribution in [0.5, 0.6) is 0 Å². The molecule has 4 rings (SSSR count). The molecule has 2 aromatic carbocycles. The van der Waals surface area contributed by atoms with Crippen LogP contribution in [-0.2, 0) is 0 Å². The van der Waals surface area contributed by atoms with Crippen molar-refractivity contribution in [2.45, 2.75) is 52.0 Å². The Labute approximate surface area is 182 Å². The summed E-state index contributed by atoms with van der Waals surface area (Å²) in [6.07, 6.45) is 7.55. The second kappa shape index (κ2) is 9.65. The summed E-state index contributed by atoms with van der Waals surface area (Å²) < 4.78 is 5.71. The highest BCUT2D eigenvalue weighted by atomic mass is 16.3. The molecule has 5 heteroatoms. The van der Waals surface area contributed by atoms with Crippen molar-refractivity contribution < 1.29 is 9.21 Å². The van der Waals surface area contributed by atoms with Crippen LogP contribution in [0.3, 0.4) is 0 Å². The smallest absolute Gasteiger partial charge is 0.251 e. The standard InChI is InChI=1S/C26H29N3O2/c1-3-4-5-6-9-18(2)27-26(30)19-12-14-20(15-13-19)28-25-22-16-17-31-24(22)21-10-7-8-11-23(21)29-25/h7-8,10-18H,3-6,9H2,1-2H3,(H,27,30)(H,28,29)/t18-/m1/s1. The maximum Gasteiger partial charge on any atom is 0.251 e. The molecule has 0 saturated carbocycles. The number of anilines is 2. The zero-order valence-corrected chi connectivity index (χ0v) is 18.2. The minimum atomic E-state index is -0.0319. The van der Waals surface area contributed by atoms with Gasteiger partial charge in [-0.3, -0.25) is 4.79 Å². The summed E-state index contributed by atoms with van der Waals surface area (Å²) in [5.74, 6) is 0.705. The van der Waals surface area contributed by atoms with E-state index in [1.807, 2.05) is 54.6 Å². The van der Waals surface area contributed by atoms with E-state index in [-0.39, 0.29) is 11.9 Å². The summed E-state index contributed by atoms with van der Waals surface area (Å²) in [5, 5.41) is 8.39. The first-order chi connectivity index (χ1) is 15.2. The van der Waals surface area contributed by atoms with Gasteiger partial charge in [0.1, 0.15) is 11.4 Å². The predicted octanol–water partition coefficient (Wildman–Crippen LogP) is 6.81. The molecule has 1 amide bonds. The van der Waals surface area contributed by atoms with Crippen molar-refractivity contribution in [3.05, 3.63) is 66.4 Å². The van der Waals surface area contributed by atoms with Crippen LogP contribution >= 0.6 is 0 Å². The summed E-state index contributed by atoms with van der Waals surface area (Å²) in [6, 6.07) is 17.5. The molecule has 4 aromatic rings. The van der Waals surface area contributed by atoms with E-state index in [9.17, 15) is 4.79 Å². The van der Waals surface area contributed by atoms with Crippen molar-refractivity contribution >= 4 is 39.3 Å². The molecule has 0 fully saturated rings. The molecule has 0 saturated heterocycles. The second-order valence-corrected chi connectivity index (χ2v) is 8.07. The van der Waals surface area contributed by atoms with Crippen LogP contribution in [0.25, 0.3) is 21.9 Å². The maximum absolute atomic E-state index is 12.5. The van der Waals surface area contributed by atoms with E-state index in [4.69, 9.17) is 9.40 Å². The van der Waals surface area contributed by atoms with Crippen LogP contribution in [0.4, 0.5) is 11.5 Å². The van der Waals surface area contributed by atoms with E-state index in [0.29, 0.717) is 5.56 Å². The third kappa shape index (κ3) is 4.88. The van der Waals surface area contributed by atoms with Gasteiger partial charge < -0.3 is 15.1 Å². The molecule has 0 aliphatic heterocycles. The fraction of sp³-hybridized carbons (Fsp3) is 0.308. The van der Waals surface area contributed by atoms with Gasteiger partial charge in [0.15, 0.2) is 0 Å². The Morgan fingerprint density at radius 1 is 1.00 bits per heavy atom. The lowest BCUT2D eigenvalue weighted by molar-refractivity contribution is 0.0938. The van der Waals surface area contributed by atoms with Crippen molar-refractivity contribution in [2.75, 3.05) is 5.32 Å². The van der Waals surface area contributed by atoms with Gasteiger partial charge in [0.25, 0.3) is 5.91 Å². The predicted molar refractivity (Wildman–Crippen MR) is 127 cm³/mol. The Kier molecular flexibility index (Phi) is 6.51. The molecule has 0 spiro atoms. The molecule has 0 aliphatic carbocycles. The van der Waals surface area contributed by atoms with Gasteiger partial charge in [-0.25, -0.2) is 4.98 Å². The molecule has 31 heavy (non-hydrogen) atoms. The SMILES string of the molecule is CCCCCC[C@@H](C)NC(=O)c1ccc(Nc2nc3ccccc3c3occc23)cc1. The molecule has 0 radical (unpaired) electrons. The third-order valence-corrected chi connectivity index (χ3v) is 5.58. The van der Waals surface area contributed by atoms with Gasteiger partial charge in [-0.15, -0.1) is 0 Å². The third-order valence-electron chi connectivity index (χ3n) is 5.58. The number of rotatable bonds is 9. The van der Waals surface area contributed by atoms with Crippen molar-refractivity contribution in [1.82, 2.24) is 10.3 Å². The van der Waals surface area contributed by atoms with Gasteiger partial charge in [-0.05, 0) is 55.8 Å². The highest BCUT2D eigenvalue weighted by Gasteiger charge is 2.12. The Balaban J connectivity index is 1.44. The zero-order chi connectivity index (χ0) is 21.6. The van der Waals surface area contributed by atoms with Crippen LogP contribution in [0.15, 0.2) is 65.3 Å². The Hall–Kier alpha value is -3.34. The number of nitrogens with zero attached hydrogens (tertiary/aromatic N) is 1. The molecule has 0 unspecified atom stereocenters. The Morgan fingerprint density at radius 3 is 2.61 bits per heavy atom. The van der Waals surface area contributed by atoms with Crippen LogP contribution in [0, 0.1) is 0 Å². The van der Waals surface area contributed by atoms with Crippen LogP contribution in [-0.4, -0.2) is 16.9 Å². The number of para-hydroxylation sites is 1. The highest BCUT2D eigenvalue weighted by Crippen LogP contribution is 2.31. The normalized spacial score (nSPS) is 12.2. The number of pyridine rings is 1. The lowest BCUT2D eigenvalue weighted by Crippen LogP contribution is -2.32. The first-order valence-electron chi connectivity index (χ1n) is 11.1. The number of carbonyl (C=O) groups excluding carboxylic acids is 1. The zero-order valence-electron chi connectivity index (χ0n) is 18.2.